The van der Waals surface area contributed by atoms with Gasteiger partial charge in [0.1, 0.15) is 5.60 Å². The van der Waals surface area contributed by atoms with Gasteiger partial charge in [0.05, 0.1) is 18.2 Å². The van der Waals surface area contributed by atoms with E-state index in [4.69, 9.17) is 15.2 Å². The first-order valence-electron chi connectivity index (χ1n) is 11.7. The second kappa shape index (κ2) is 11.0. The Morgan fingerprint density at radius 1 is 1.30 bits per heavy atom. The number of alkyl halides is 3. The highest BCUT2D eigenvalue weighted by Crippen LogP contribution is 2.39. The van der Waals surface area contributed by atoms with Crippen molar-refractivity contribution >= 4 is 45.7 Å². The quantitative estimate of drug-likeness (QED) is 0.203. The number of anilines is 1. The van der Waals surface area contributed by atoms with Gasteiger partial charge in [-0.3, -0.25) is 14.7 Å². The molecule has 0 bridgehead atoms. The summed E-state index contributed by atoms with van der Waals surface area (Å²) in [7, 11) is 0. The fourth-order valence-corrected chi connectivity index (χ4v) is 4.52. The largest absolute Gasteiger partial charge is 0.464 e. The molecule has 1 aliphatic rings. The van der Waals surface area contributed by atoms with Gasteiger partial charge in [0.2, 0.25) is 6.04 Å². The van der Waals surface area contributed by atoms with Gasteiger partial charge in [0.25, 0.3) is 0 Å². The van der Waals surface area contributed by atoms with Crippen molar-refractivity contribution in [2.24, 2.45) is 4.99 Å². The molecule has 206 valence electrons. The van der Waals surface area contributed by atoms with Gasteiger partial charge >= 0.3 is 18.2 Å². The Bertz CT molecular complexity index is 1100. The predicted molar refractivity (Wildman–Crippen MR) is 136 cm³/mol. The second-order valence-corrected chi connectivity index (χ2v) is 11.3. The van der Waals surface area contributed by atoms with E-state index >= 15 is 0 Å². The lowest BCUT2D eigenvalue weighted by Crippen LogP contribution is -2.54. The van der Waals surface area contributed by atoms with Crippen molar-refractivity contribution in [3.05, 3.63) is 27.2 Å². The Kier molecular flexibility index (Phi) is 9.10. The maximum absolute atomic E-state index is 13.8. The molecule has 37 heavy (non-hydrogen) atoms. The van der Waals surface area contributed by atoms with Crippen molar-refractivity contribution in [2.75, 3.05) is 12.3 Å². The lowest BCUT2D eigenvalue weighted by Gasteiger charge is -2.36. The van der Waals surface area contributed by atoms with E-state index < -0.39 is 58.4 Å². The van der Waals surface area contributed by atoms with Crippen LogP contribution in [0, 0.1) is 6.92 Å². The molecular weight excluding hydrogens is 559 g/mol. The summed E-state index contributed by atoms with van der Waals surface area (Å²) in [5, 5.41) is 0. The Balaban J connectivity index is 2.56. The Hall–Kier alpha value is -2.63. The van der Waals surface area contributed by atoms with Crippen molar-refractivity contribution in [1.82, 2.24) is 4.90 Å². The molecule has 8 nitrogen and oxygen atoms in total. The number of ether oxygens (including phenoxy) is 2. The zero-order chi connectivity index (χ0) is 28.5. The molecule has 2 N–H and O–H groups in total. The van der Waals surface area contributed by atoms with Gasteiger partial charge in [-0.15, -0.1) is 0 Å². The minimum absolute atomic E-state index is 0.0859. The Morgan fingerprint density at radius 2 is 1.89 bits per heavy atom. The monoisotopic (exact) mass is 591 g/mol. The molecule has 12 heteroatoms. The maximum Gasteiger partial charge on any atom is 0.417 e. The molecule has 2 atom stereocenters. The van der Waals surface area contributed by atoms with Crippen molar-refractivity contribution in [2.45, 2.75) is 90.7 Å². The van der Waals surface area contributed by atoms with Gasteiger partial charge in [-0.05, 0) is 72.9 Å². The van der Waals surface area contributed by atoms with Crippen molar-refractivity contribution in [1.29, 1.82) is 0 Å². The Morgan fingerprint density at radius 3 is 2.41 bits per heavy atom. The number of hydrogen-bond donors (Lipinski definition) is 1. The third-order valence-electron chi connectivity index (χ3n) is 5.96. The molecule has 1 heterocycles. The average molecular weight is 592 g/mol. The number of nitrogen functional groups attached to an aromatic ring is 1. The van der Waals surface area contributed by atoms with Crippen LogP contribution in [0.4, 0.5) is 23.7 Å². The van der Waals surface area contributed by atoms with Crippen molar-refractivity contribution < 1.29 is 37.0 Å². The molecule has 1 fully saturated rings. The van der Waals surface area contributed by atoms with Gasteiger partial charge in [0.15, 0.2) is 5.78 Å². The Labute approximate surface area is 222 Å². The van der Waals surface area contributed by atoms with E-state index in [1.165, 1.54) is 18.7 Å². The highest BCUT2D eigenvalue weighted by Gasteiger charge is 2.50. The van der Waals surface area contributed by atoms with Crippen LogP contribution in [0.15, 0.2) is 15.5 Å². The molecule has 2 unspecified atom stereocenters. The van der Waals surface area contributed by atoms with Gasteiger partial charge < -0.3 is 15.2 Å². The molecule has 1 aromatic carbocycles. The molecule has 2 rings (SSSR count). The molecule has 0 aromatic heterocycles. The summed E-state index contributed by atoms with van der Waals surface area (Å²) in [6.45, 7) is 11.5. The number of benzene rings is 1. The first-order valence-corrected chi connectivity index (χ1v) is 12.5. The number of nitrogens with two attached hydrogens (primary N) is 1. The lowest BCUT2D eigenvalue weighted by atomic mass is 10.0. The number of carbonyl (C=O) groups is 3. The first-order chi connectivity index (χ1) is 16.8. The van der Waals surface area contributed by atoms with Crippen molar-refractivity contribution in [3.63, 3.8) is 0 Å². The number of aliphatic imine (C=N–C) groups is 1. The summed E-state index contributed by atoms with van der Waals surface area (Å²) in [5.41, 5.74) is 2.91. The number of carbonyl (C=O) groups excluding carboxylic acids is 3. The van der Waals surface area contributed by atoms with Gasteiger partial charge in [-0.1, -0.05) is 15.9 Å². The molecule has 0 aliphatic carbocycles. The predicted octanol–water partition coefficient (Wildman–Crippen LogP) is 5.46. The van der Waals surface area contributed by atoms with Crippen LogP contribution in [0.2, 0.25) is 0 Å². The number of likely N-dealkylation sites (tertiary alicyclic amines) is 1. The van der Waals surface area contributed by atoms with E-state index in [9.17, 15) is 27.6 Å². The summed E-state index contributed by atoms with van der Waals surface area (Å²) < 4.78 is 51.9. The normalized spacial score (nSPS) is 18.7. The van der Waals surface area contributed by atoms with E-state index in [0.717, 1.165) is 12.3 Å². The zero-order valence-electron chi connectivity index (χ0n) is 22.0. The third-order valence-corrected chi connectivity index (χ3v) is 6.79. The van der Waals surface area contributed by atoms with E-state index in [0.29, 0.717) is 12.0 Å². The number of amides is 1. The van der Waals surface area contributed by atoms with E-state index in [1.54, 1.807) is 34.6 Å². The highest BCUT2D eigenvalue weighted by molar-refractivity contribution is 9.10. The second-order valence-electron chi connectivity index (χ2n) is 10.4. The lowest BCUT2D eigenvalue weighted by molar-refractivity contribution is -0.148. The summed E-state index contributed by atoms with van der Waals surface area (Å²) in [6, 6.07) is -2.05. The molecule has 1 aromatic rings. The smallest absolute Gasteiger partial charge is 0.417 e. The molecule has 1 saturated heterocycles. The summed E-state index contributed by atoms with van der Waals surface area (Å²) in [5.74, 6) is -1.83. The van der Waals surface area contributed by atoms with Crippen LogP contribution >= 0.6 is 15.9 Å². The average Bonchev–Trinajstić information content (AvgIpc) is 3.06. The minimum atomic E-state index is -4.78. The number of Topliss-reactive ketones (excluding diaryl/α,β-unsaturated/α-hetero) is 1. The molecule has 1 aliphatic heterocycles. The number of ketones is 1. The SMILES string of the molecule is CCOC(=O)C(N=Cc1c(C(F)(F)F)cc(Br)c(C)c1N)C(=O)C1CCC(C)(C)N1C(=O)OC(C)(C)C. The number of halogens is 4. The summed E-state index contributed by atoms with van der Waals surface area (Å²) >= 11 is 3.06. The standard InChI is InChI=1S/C25H33BrF3N3O5/c1-8-36-21(34)19(31-12-14-15(25(27,28)29)11-16(26)13(2)18(14)30)20(33)17-9-10-24(6,7)32(17)22(35)37-23(3,4)5/h11-12,17,19H,8-10,30H2,1-7H3. The van der Waals surface area contributed by atoms with Crippen LogP contribution in [0.5, 0.6) is 0 Å². The van der Waals surface area contributed by atoms with Gasteiger partial charge in [-0.2, -0.15) is 13.2 Å². The molecule has 0 spiro atoms. The maximum atomic E-state index is 13.8. The van der Waals surface area contributed by atoms with Gasteiger partial charge in [-0.25, -0.2) is 9.59 Å². The highest BCUT2D eigenvalue weighted by atomic mass is 79.9. The van der Waals surface area contributed by atoms with Crippen LogP contribution < -0.4 is 5.73 Å². The number of nitrogens with zero attached hydrogens (tertiary/aromatic N) is 2. The summed E-state index contributed by atoms with van der Waals surface area (Å²) in [6.07, 6.45) is -4.11. The van der Waals surface area contributed by atoms with Crippen LogP contribution in [-0.4, -0.2) is 58.8 Å². The van der Waals surface area contributed by atoms with E-state index in [2.05, 4.69) is 20.9 Å². The summed E-state index contributed by atoms with van der Waals surface area (Å²) in [4.78, 5) is 44.6. The molecule has 0 radical (unpaired) electrons. The fraction of sp³-hybridized carbons (Fsp3) is 0.600. The third kappa shape index (κ3) is 7.03. The molecular formula is C25H33BrF3N3O5. The van der Waals surface area contributed by atoms with Crippen LogP contribution in [0.1, 0.15) is 71.1 Å². The molecule has 1 amide bonds. The fourth-order valence-electron chi connectivity index (χ4n) is 4.08. The van der Waals surface area contributed by atoms with Gasteiger partial charge in [0, 0.05) is 27.5 Å². The van der Waals surface area contributed by atoms with Crippen LogP contribution in [0.25, 0.3) is 0 Å². The van der Waals surface area contributed by atoms with E-state index in [1.807, 2.05) is 0 Å². The number of rotatable bonds is 6. The first kappa shape index (κ1) is 30.6. The minimum Gasteiger partial charge on any atom is -0.464 e. The number of hydrogen-bond acceptors (Lipinski definition) is 7. The van der Waals surface area contributed by atoms with Crippen molar-refractivity contribution in [3.8, 4) is 0 Å². The van der Waals surface area contributed by atoms with Crippen LogP contribution in [-0.2, 0) is 25.2 Å². The van der Waals surface area contributed by atoms with Crippen LogP contribution in [0.3, 0.4) is 0 Å². The number of esters is 1. The topological polar surface area (TPSA) is 111 Å². The zero-order valence-corrected chi connectivity index (χ0v) is 23.5. The molecule has 0 saturated carbocycles. The van der Waals surface area contributed by atoms with E-state index in [-0.39, 0.29) is 23.2 Å².